The maximum Gasteiger partial charge on any atom is 0.303 e. The lowest BCUT2D eigenvalue weighted by Gasteiger charge is -2.13. The van der Waals surface area contributed by atoms with Crippen LogP contribution in [0, 0.1) is 0 Å². The summed E-state index contributed by atoms with van der Waals surface area (Å²) >= 11 is 1.55. The number of carboxylic acids is 1. The minimum absolute atomic E-state index is 0.0807. The van der Waals surface area contributed by atoms with Crippen LogP contribution in [0.4, 0.5) is 0 Å². The van der Waals surface area contributed by atoms with Crippen LogP contribution < -0.4 is 9.47 Å². The second kappa shape index (κ2) is 6.39. The van der Waals surface area contributed by atoms with E-state index in [1.54, 1.807) is 26.0 Å². The number of carbonyl (C=O) groups is 1. The number of thioether (sulfide) groups is 1. The van der Waals surface area contributed by atoms with E-state index in [0.717, 1.165) is 22.0 Å². The summed E-state index contributed by atoms with van der Waals surface area (Å²) in [5.74, 6) is 0.635. The lowest BCUT2D eigenvalue weighted by molar-refractivity contribution is -0.136. The molecule has 94 valence electrons. The Kier molecular flexibility index (Phi) is 5.15. The fourth-order valence-corrected chi connectivity index (χ4v) is 2.19. The molecule has 1 rings (SSSR count). The van der Waals surface area contributed by atoms with E-state index in [9.17, 15) is 4.79 Å². The van der Waals surface area contributed by atoms with Crippen molar-refractivity contribution in [1.82, 2.24) is 0 Å². The highest BCUT2D eigenvalue weighted by molar-refractivity contribution is 7.98. The molecular weight excluding hydrogens is 240 g/mol. The van der Waals surface area contributed by atoms with Gasteiger partial charge in [-0.15, -0.1) is 11.8 Å². The zero-order valence-electron chi connectivity index (χ0n) is 10.1. The fraction of sp³-hybridized carbons (Fsp3) is 0.417. The van der Waals surface area contributed by atoms with Gasteiger partial charge in [-0.2, -0.15) is 0 Å². The predicted octanol–water partition coefficient (Wildman–Crippen LogP) is 2.44. The summed E-state index contributed by atoms with van der Waals surface area (Å²) in [6.07, 6.45) is 2.46. The van der Waals surface area contributed by atoms with Crippen molar-refractivity contribution in [1.29, 1.82) is 0 Å². The quantitative estimate of drug-likeness (QED) is 0.792. The second-order valence-corrected chi connectivity index (χ2v) is 4.26. The van der Waals surface area contributed by atoms with Crippen LogP contribution in [0.2, 0.25) is 0 Å². The average molecular weight is 256 g/mol. The highest BCUT2D eigenvalue weighted by atomic mass is 32.2. The summed E-state index contributed by atoms with van der Waals surface area (Å²) in [5, 5.41) is 8.71. The number of rotatable bonds is 6. The Balaban J connectivity index is 3.10. The van der Waals surface area contributed by atoms with Crippen LogP contribution in [0.15, 0.2) is 17.0 Å². The molecule has 0 atom stereocenters. The molecule has 1 aromatic rings. The van der Waals surface area contributed by atoms with E-state index in [0.29, 0.717) is 6.42 Å². The van der Waals surface area contributed by atoms with Gasteiger partial charge in [0.2, 0.25) is 0 Å². The van der Waals surface area contributed by atoms with Gasteiger partial charge in [0, 0.05) is 6.42 Å². The number of aryl methyl sites for hydroxylation is 1. The Morgan fingerprint density at radius 1 is 1.35 bits per heavy atom. The molecule has 0 saturated heterocycles. The molecule has 0 aliphatic heterocycles. The first-order chi connectivity index (χ1) is 8.12. The summed E-state index contributed by atoms with van der Waals surface area (Å²) < 4.78 is 10.5. The third-order valence-electron chi connectivity index (χ3n) is 2.37. The minimum atomic E-state index is -0.819. The molecule has 0 heterocycles. The van der Waals surface area contributed by atoms with Crippen LogP contribution in [0.25, 0.3) is 0 Å². The molecule has 1 aromatic carbocycles. The average Bonchev–Trinajstić information content (AvgIpc) is 2.34. The molecule has 17 heavy (non-hydrogen) atoms. The standard InChI is InChI=1S/C12H16O4S/c1-15-9-6-8(4-5-11(13)14)12(16-2)10(7-9)17-3/h6-7H,4-5H2,1-3H3,(H,13,14). The molecular formula is C12H16O4S. The largest absolute Gasteiger partial charge is 0.497 e. The van der Waals surface area contributed by atoms with E-state index in [4.69, 9.17) is 14.6 Å². The third kappa shape index (κ3) is 3.56. The molecule has 0 aliphatic rings. The lowest BCUT2D eigenvalue weighted by atomic mass is 10.1. The zero-order valence-corrected chi connectivity index (χ0v) is 11.0. The Hall–Kier alpha value is -1.36. The summed E-state index contributed by atoms with van der Waals surface area (Å²) in [5.41, 5.74) is 0.860. The van der Waals surface area contributed by atoms with Gasteiger partial charge in [0.15, 0.2) is 0 Å². The van der Waals surface area contributed by atoms with E-state index in [2.05, 4.69) is 0 Å². The van der Waals surface area contributed by atoms with Crippen molar-refractivity contribution in [3.63, 3.8) is 0 Å². The van der Waals surface area contributed by atoms with E-state index in [1.807, 2.05) is 18.4 Å². The molecule has 0 unspecified atom stereocenters. The van der Waals surface area contributed by atoms with Gasteiger partial charge in [-0.25, -0.2) is 0 Å². The van der Waals surface area contributed by atoms with E-state index in [-0.39, 0.29) is 6.42 Å². The number of carboxylic acid groups (broad SMARTS) is 1. The first kappa shape index (κ1) is 13.7. The molecule has 0 amide bonds. The first-order valence-electron chi connectivity index (χ1n) is 5.13. The molecule has 0 radical (unpaired) electrons. The minimum Gasteiger partial charge on any atom is -0.497 e. The van der Waals surface area contributed by atoms with Crippen LogP contribution in [0.3, 0.4) is 0 Å². The van der Waals surface area contributed by atoms with E-state index in [1.165, 1.54) is 0 Å². The summed E-state index contributed by atoms with van der Waals surface area (Å²) in [7, 11) is 3.18. The van der Waals surface area contributed by atoms with Gasteiger partial charge in [-0.3, -0.25) is 4.79 Å². The molecule has 0 aliphatic carbocycles. The number of ether oxygens (including phenoxy) is 2. The summed E-state index contributed by atoms with van der Waals surface area (Å²) in [6.45, 7) is 0. The van der Waals surface area contributed by atoms with E-state index < -0.39 is 5.97 Å². The molecule has 1 N–H and O–H groups in total. The van der Waals surface area contributed by atoms with Crippen molar-refractivity contribution >= 4 is 17.7 Å². The van der Waals surface area contributed by atoms with Crippen molar-refractivity contribution in [2.45, 2.75) is 17.7 Å². The normalized spacial score (nSPS) is 10.1. The smallest absolute Gasteiger partial charge is 0.303 e. The zero-order chi connectivity index (χ0) is 12.8. The Morgan fingerprint density at radius 3 is 2.53 bits per heavy atom. The highest BCUT2D eigenvalue weighted by Crippen LogP contribution is 2.35. The maximum absolute atomic E-state index is 10.6. The van der Waals surface area contributed by atoms with Gasteiger partial charge in [0.1, 0.15) is 11.5 Å². The Labute approximate surface area is 105 Å². The molecule has 0 fully saturated rings. The topological polar surface area (TPSA) is 55.8 Å². The van der Waals surface area contributed by atoms with Gasteiger partial charge in [-0.05, 0) is 30.4 Å². The van der Waals surface area contributed by atoms with Gasteiger partial charge in [-0.1, -0.05) is 0 Å². The first-order valence-corrected chi connectivity index (χ1v) is 6.35. The second-order valence-electron chi connectivity index (χ2n) is 3.42. The monoisotopic (exact) mass is 256 g/mol. The van der Waals surface area contributed by atoms with Crippen LogP contribution in [-0.4, -0.2) is 31.6 Å². The molecule has 4 nitrogen and oxygen atoms in total. The van der Waals surface area contributed by atoms with Gasteiger partial charge >= 0.3 is 5.97 Å². The van der Waals surface area contributed by atoms with E-state index >= 15 is 0 Å². The van der Waals surface area contributed by atoms with Crippen molar-refractivity contribution in [2.75, 3.05) is 20.5 Å². The van der Waals surface area contributed by atoms with Crippen LogP contribution in [0.5, 0.6) is 11.5 Å². The molecule has 0 saturated carbocycles. The van der Waals surface area contributed by atoms with Crippen LogP contribution in [0.1, 0.15) is 12.0 Å². The number of hydrogen-bond donors (Lipinski definition) is 1. The van der Waals surface area contributed by atoms with Crippen molar-refractivity contribution < 1.29 is 19.4 Å². The number of methoxy groups -OCH3 is 2. The van der Waals surface area contributed by atoms with Crippen molar-refractivity contribution in [3.8, 4) is 11.5 Å². The SMILES string of the molecule is COc1cc(CCC(=O)O)c(OC)c(SC)c1. The maximum atomic E-state index is 10.6. The molecule has 0 spiro atoms. The van der Waals surface area contributed by atoms with Crippen molar-refractivity contribution in [3.05, 3.63) is 17.7 Å². The number of benzene rings is 1. The molecule has 0 bridgehead atoms. The summed E-state index contributed by atoms with van der Waals surface area (Å²) in [6, 6.07) is 3.70. The van der Waals surface area contributed by atoms with Crippen LogP contribution >= 0.6 is 11.8 Å². The summed E-state index contributed by atoms with van der Waals surface area (Å²) in [4.78, 5) is 11.6. The number of aliphatic carboxylic acids is 1. The number of hydrogen-bond acceptors (Lipinski definition) is 4. The Morgan fingerprint density at radius 2 is 2.06 bits per heavy atom. The third-order valence-corrected chi connectivity index (χ3v) is 3.12. The molecule has 5 heteroatoms. The van der Waals surface area contributed by atoms with Crippen LogP contribution in [-0.2, 0) is 11.2 Å². The van der Waals surface area contributed by atoms with Gasteiger partial charge < -0.3 is 14.6 Å². The fourth-order valence-electron chi connectivity index (χ4n) is 1.56. The Bertz CT molecular complexity index is 404. The van der Waals surface area contributed by atoms with Gasteiger partial charge in [0.05, 0.1) is 19.1 Å². The predicted molar refractivity (Wildman–Crippen MR) is 67.3 cm³/mol. The molecule has 0 aromatic heterocycles. The van der Waals surface area contributed by atoms with Gasteiger partial charge in [0.25, 0.3) is 0 Å². The van der Waals surface area contributed by atoms with Crippen molar-refractivity contribution in [2.24, 2.45) is 0 Å². The highest BCUT2D eigenvalue weighted by Gasteiger charge is 2.12. The lowest BCUT2D eigenvalue weighted by Crippen LogP contribution is -2.01.